The molecule has 0 spiro atoms. The van der Waals surface area contributed by atoms with Crippen molar-refractivity contribution in [3.8, 4) is 0 Å². The van der Waals surface area contributed by atoms with Gasteiger partial charge in [0.15, 0.2) is 5.82 Å². The number of nitrogens with zero attached hydrogens (tertiary/aromatic N) is 3. The van der Waals surface area contributed by atoms with Crippen molar-refractivity contribution in [1.82, 2.24) is 15.3 Å². The molecule has 0 atom stereocenters. The highest BCUT2D eigenvalue weighted by atomic mass is 35.5. The number of anilines is 2. The Morgan fingerprint density at radius 2 is 2.14 bits per heavy atom. The minimum atomic E-state index is 0.387. The predicted molar refractivity (Wildman–Crippen MR) is 92.1 cm³/mol. The molecule has 2 heterocycles. The van der Waals surface area contributed by atoms with Crippen LogP contribution in [0.4, 0.5) is 11.6 Å². The van der Waals surface area contributed by atoms with Gasteiger partial charge in [0.1, 0.15) is 10.8 Å². The van der Waals surface area contributed by atoms with Gasteiger partial charge in [-0.05, 0) is 12.1 Å². The molecule has 2 aromatic rings. The summed E-state index contributed by atoms with van der Waals surface area (Å²) in [6.45, 7) is 1.90. The molecule has 0 amide bonds. The molecule has 1 aliphatic heterocycles. The third-order valence-electron chi connectivity index (χ3n) is 3.54. The van der Waals surface area contributed by atoms with E-state index in [0.29, 0.717) is 26.9 Å². The van der Waals surface area contributed by atoms with Crippen molar-refractivity contribution in [2.75, 3.05) is 30.8 Å². The maximum Gasteiger partial charge on any atom is 0.158 e. The Morgan fingerprint density at radius 1 is 1.36 bits per heavy atom. The normalized spacial score (nSPS) is 14.7. The molecule has 0 bridgehead atoms. The minimum absolute atomic E-state index is 0.387. The van der Waals surface area contributed by atoms with E-state index in [0.717, 1.165) is 23.8 Å². The van der Waals surface area contributed by atoms with E-state index in [1.165, 1.54) is 11.8 Å². The number of rotatable bonds is 4. The lowest BCUT2D eigenvalue weighted by atomic mass is 10.1. The Hall–Kier alpha value is -1.21. The molecule has 5 nitrogen and oxygen atoms in total. The van der Waals surface area contributed by atoms with Gasteiger partial charge in [0.25, 0.3) is 0 Å². The van der Waals surface area contributed by atoms with Crippen LogP contribution in [0.2, 0.25) is 10.0 Å². The van der Waals surface area contributed by atoms with E-state index in [2.05, 4.69) is 20.2 Å². The first-order valence-electron chi connectivity index (χ1n) is 6.74. The van der Waals surface area contributed by atoms with Crippen LogP contribution >= 0.6 is 35.0 Å². The van der Waals surface area contributed by atoms with Crippen LogP contribution in [-0.4, -0.2) is 36.1 Å². The van der Waals surface area contributed by atoms with Gasteiger partial charge in [-0.25, -0.2) is 9.97 Å². The number of nitrogens with two attached hydrogens (primary N) is 1. The number of hydrogen-bond acceptors (Lipinski definition) is 6. The third kappa shape index (κ3) is 3.10. The second kappa shape index (κ2) is 6.50. The maximum absolute atomic E-state index is 6.19. The zero-order valence-electron chi connectivity index (χ0n) is 11.9. The lowest BCUT2D eigenvalue weighted by Gasteiger charge is -2.36. The van der Waals surface area contributed by atoms with Crippen LogP contribution in [0.25, 0.3) is 0 Å². The van der Waals surface area contributed by atoms with Crippen LogP contribution in [0, 0.1) is 0 Å². The predicted octanol–water partition coefficient (Wildman–Crippen LogP) is 2.92. The average molecular weight is 356 g/mol. The summed E-state index contributed by atoms with van der Waals surface area (Å²) in [4.78, 5) is 11.7. The van der Waals surface area contributed by atoms with Crippen molar-refractivity contribution < 1.29 is 0 Å². The Bertz CT molecular complexity index is 693. The van der Waals surface area contributed by atoms with Crippen molar-refractivity contribution >= 4 is 46.6 Å². The van der Waals surface area contributed by atoms with Crippen molar-refractivity contribution in [1.29, 1.82) is 0 Å². The largest absolute Gasteiger partial charge is 0.381 e. The number of benzene rings is 1. The lowest BCUT2D eigenvalue weighted by molar-refractivity contribution is 0.426. The summed E-state index contributed by atoms with van der Waals surface area (Å²) in [6, 6.07) is 5.90. The van der Waals surface area contributed by atoms with Gasteiger partial charge in [0, 0.05) is 25.0 Å². The summed E-state index contributed by atoms with van der Waals surface area (Å²) in [5.41, 5.74) is 6.04. The molecule has 1 aromatic carbocycles. The smallest absolute Gasteiger partial charge is 0.158 e. The molecule has 1 fully saturated rings. The van der Waals surface area contributed by atoms with E-state index in [1.54, 1.807) is 12.3 Å². The van der Waals surface area contributed by atoms with Gasteiger partial charge in [-0.2, -0.15) is 0 Å². The number of aromatic nitrogens is 2. The van der Waals surface area contributed by atoms with E-state index in [1.807, 2.05) is 19.2 Å². The standard InChI is InChI=1S/C14H15Cl2N5S/c1-21(8-5-18-6-8)11-7-19-14(13(17)20-11)22-10-4-2-3-9(15)12(10)16/h2-4,7-8,18H,5-6H2,1H3,(H2,17,20). The molecule has 3 N–H and O–H groups in total. The molecule has 1 aliphatic rings. The highest BCUT2D eigenvalue weighted by Gasteiger charge is 2.23. The van der Waals surface area contributed by atoms with Crippen LogP contribution in [0.3, 0.4) is 0 Å². The van der Waals surface area contributed by atoms with Crippen LogP contribution in [0.5, 0.6) is 0 Å². The third-order valence-corrected chi connectivity index (χ3v) is 5.54. The molecule has 0 aliphatic carbocycles. The van der Waals surface area contributed by atoms with Gasteiger partial charge in [-0.1, -0.05) is 41.0 Å². The Labute approximate surface area is 143 Å². The summed E-state index contributed by atoms with van der Waals surface area (Å²) in [7, 11) is 2.00. The number of nitrogens with one attached hydrogen (secondary N) is 1. The van der Waals surface area contributed by atoms with E-state index >= 15 is 0 Å². The zero-order chi connectivity index (χ0) is 15.7. The maximum atomic E-state index is 6.19. The van der Waals surface area contributed by atoms with Gasteiger partial charge in [0.2, 0.25) is 0 Å². The summed E-state index contributed by atoms with van der Waals surface area (Å²) in [5, 5.41) is 4.85. The molecular formula is C14H15Cl2N5S. The number of halogens is 2. The van der Waals surface area contributed by atoms with Crippen molar-refractivity contribution in [2.24, 2.45) is 0 Å². The van der Waals surface area contributed by atoms with Gasteiger partial charge >= 0.3 is 0 Å². The molecular weight excluding hydrogens is 341 g/mol. The second-order valence-corrected chi connectivity index (χ2v) is 6.81. The fourth-order valence-electron chi connectivity index (χ4n) is 2.03. The molecule has 1 aromatic heterocycles. The van der Waals surface area contributed by atoms with E-state index in [-0.39, 0.29) is 0 Å². The Balaban J connectivity index is 1.81. The Morgan fingerprint density at radius 3 is 2.77 bits per heavy atom. The van der Waals surface area contributed by atoms with Crippen LogP contribution < -0.4 is 16.0 Å². The first kappa shape index (κ1) is 15.7. The van der Waals surface area contributed by atoms with E-state index < -0.39 is 0 Å². The quantitative estimate of drug-likeness (QED) is 0.878. The van der Waals surface area contributed by atoms with Gasteiger partial charge in [-0.15, -0.1) is 0 Å². The van der Waals surface area contributed by atoms with Crippen LogP contribution in [-0.2, 0) is 0 Å². The van der Waals surface area contributed by atoms with Gasteiger partial charge in [-0.3, -0.25) is 0 Å². The minimum Gasteiger partial charge on any atom is -0.381 e. The zero-order valence-corrected chi connectivity index (χ0v) is 14.2. The second-order valence-electron chi connectivity index (χ2n) is 5.00. The molecule has 116 valence electrons. The molecule has 8 heteroatoms. The Kier molecular flexibility index (Phi) is 4.63. The first-order chi connectivity index (χ1) is 10.6. The van der Waals surface area contributed by atoms with Gasteiger partial charge in [0.05, 0.1) is 22.3 Å². The fourth-order valence-corrected chi connectivity index (χ4v) is 3.31. The summed E-state index contributed by atoms with van der Waals surface area (Å²) in [5.74, 6) is 1.16. The SMILES string of the molecule is CN(c1cnc(Sc2cccc(Cl)c2Cl)c(N)n1)C1CNC1. The highest BCUT2D eigenvalue weighted by molar-refractivity contribution is 7.99. The molecule has 0 saturated carbocycles. The van der Waals surface area contributed by atoms with Gasteiger partial charge < -0.3 is 16.0 Å². The number of likely N-dealkylation sites (N-methyl/N-ethyl adjacent to an activating group) is 1. The molecule has 0 unspecified atom stereocenters. The monoisotopic (exact) mass is 355 g/mol. The highest BCUT2D eigenvalue weighted by Crippen LogP contribution is 2.38. The summed E-state index contributed by atoms with van der Waals surface area (Å²) in [6.07, 6.45) is 1.73. The van der Waals surface area contributed by atoms with E-state index in [9.17, 15) is 0 Å². The first-order valence-corrected chi connectivity index (χ1v) is 8.31. The molecule has 1 saturated heterocycles. The molecule has 22 heavy (non-hydrogen) atoms. The summed E-state index contributed by atoms with van der Waals surface area (Å²) >= 11 is 13.6. The lowest BCUT2D eigenvalue weighted by Crippen LogP contribution is -2.56. The number of nitrogen functional groups attached to an aromatic ring is 1. The number of hydrogen-bond donors (Lipinski definition) is 2. The molecule has 3 rings (SSSR count). The molecule has 0 radical (unpaired) electrons. The van der Waals surface area contributed by atoms with Crippen molar-refractivity contribution in [3.63, 3.8) is 0 Å². The van der Waals surface area contributed by atoms with Crippen molar-refractivity contribution in [3.05, 3.63) is 34.4 Å². The fraction of sp³-hybridized carbons (Fsp3) is 0.286. The topological polar surface area (TPSA) is 67.1 Å². The average Bonchev–Trinajstić information content (AvgIpc) is 2.44. The van der Waals surface area contributed by atoms with E-state index in [4.69, 9.17) is 28.9 Å². The van der Waals surface area contributed by atoms with Crippen molar-refractivity contribution in [2.45, 2.75) is 16.0 Å². The summed E-state index contributed by atoms with van der Waals surface area (Å²) < 4.78 is 0. The van der Waals surface area contributed by atoms with Crippen LogP contribution in [0.1, 0.15) is 0 Å². The van der Waals surface area contributed by atoms with Crippen LogP contribution in [0.15, 0.2) is 34.3 Å².